The van der Waals surface area contributed by atoms with Crippen LogP contribution >= 0.6 is 0 Å². The Kier molecular flexibility index (Phi) is 52.8. The number of nitrogens with zero attached hydrogens (tertiary/aromatic N) is 12. The van der Waals surface area contributed by atoms with Crippen molar-refractivity contribution < 1.29 is 20.4 Å². The second-order valence-electron chi connectivity index (χ2n) is 2.49. The van der Waals surface area contributed by atoms with Crippen LogP contribution in [0.5, 0.6) is 0 Å². The molecule has 0 bridgehead atoms. The van der Waals surface area contributed by atoms with Crippen LogP contribution in [0.1, 0.15) is 0 Å². The Morgan fingerprint density at radius 3 is 0.571 bits per heavy atom. The van der Waals surface area contributed by atoms with Gasteiger partial charge in [-0.1, -0.05) is 0 Å². The lowest BCUT2D eigenvalue weighted by Crippen LogP contribution is -2.37. The van der Waals surface area contributed by atoms with Gasteiger partial charge < -0.3 is 64.7 Å². The van der Waals surface area contributed by atoms with E-state index in [1.165, 1.54) is 19.6 Å². The first kappa shape index (κ1) is 30.8. The predicted octanol–water partition coefficient (Wildman–Crippen LogP) is 1.41. The van der Waals surface area contributed by atoms with Crippen molar-refractivity contribution in [3.05, 3.63) is 63.9 Å². The third-order valence-corrected chi connectivity index (χ3v) is 1.34. The largest absolute Gasteiger partial charge is 0.396 e. The molecule has 0 spiro atoms. The summed E-state index contributed by atoms with van der Waals surface area (Å²) in [5, 5.41) is 34.0. The molecule has 16 heteroatoms. The van der Waals surface area contributed by atoms with E-state index in [2.05, 4.69) is 0 Å². The predicted molar refractivity (Wildman–Crippen MR) is 71.1 cm³/mol. The van der Waals surface area contributed by atoms with Crippen LogP contribution in [0, 0.1) is 5.41 Å². The summed E-state index contributed by atoms with van der Waals surface area (Å²) in [6, 6.07) is 0. The fraction of sp³-hybridized carbons (Fsp3) is 1.00. The van der Waals surface area contributed by atoms with Gasteiger partial charge in [0.25, 0.3) is 0 Å². The molecule has 0 heterocycles. The van der Waals surface area contributed by atoms with Crippen molar-refractivity contribution in [3.63, 3.8) is 0 Å². The van der Waals surface area contributed by atoms with Crippen LogP contribution in [0.4, 0.5) is 0 Å². The van der Waals surface area contributed by atoms with Crippen molar-refractivity contribution in [2.75, 3.05) is 26.4 Å². The molecule has 0 amide bonds. The van der Waals surface area contributed by atoms with Crippen molar-refractivity contribution in [1.82, 2.24) is 0 Å². The molecule has 0 aromatic rings. The smallest absolute Gasteiger partial charge is 0.0627 e. The summed E-state index contributed by atoms with van der Waals surface area (Å²) in [6.07, 6.45) is 0. The molecule has 4 N–H and O–H groups in total. The van der Waals surface area contributed by atoms with E-state index in [-0.39, 0.29) is 0 Å². The van der Waals surface area contributed by atoms with E-state index in [0.717, 1.165) is 0 Å². The lowest BCUT2D eigenvalue weighted by molar-refractivity contribution is -0.0328. The van der Waals surface area contributed by atoms with E-state index in [1.54, 1.807) is 0 Å². The van der Waals surface area contributed by atoms with Crippen LogP contribution in [-0.4, -0.2) is 46.9 Å². The SMILES string of the molecule is OCC(CO)(CO)CO.[N-]=[N+]=[N-].[N-]=[N+]=[N-].[N-]=[N+]=[N-].[N-]=[N+]=[N-]. The minimum absolute atomic E-state index is 0.406. The van der Waals surface area contributed by atoms with Gasteiger partial charge in [-0.15, -0.1) is 0 Å². The van der Waals surface area contributed by atoms with E-state index in [0.29, 0.717) is 0 Å². The van der Waals surface area contributed by atoms with E-state index in [9.17, 15) is 0 Å². The molecule has 0 aromatic carbocycles. The summed E-state index contributed by atoms with van der Waals surface area (Å²) in [5.74, 6) is 0. The molecule has 0 aromatic heterocycles. The van der Waals surface area contributed by atoms with Crippen molar-refractivity contribution >= 4 is 0 Å². The first-order valence-electron chi connectivity index (χ1n) is 4.28. The van der Waals surface area contributed by atoms with E-state index >= 15 is 0 Å². The molecule has 0 fully saturated rings. The summed E-state index contributed by atoms with van der Waals surface area (Å²) < 4.78 is 0. The monoisotopic (exact) mass is 304 g/mol. The van der Waals surface area contributed by atoms with Gasteiger partial charge in [-0.05, 0) is 0 Å². The topological polar surface area (TPSA) is 316 Å². The van der Waals surface area contributed by atoms with Gasteiger partial charge in [0.1, 0.15) is 0 Å². The molecule has 0 atom stereocenters. The quantitative estimate of drug-likeness (QED) is 0.339. The van der Waals surface area contributed by atoms with Crippen LogP contribution < -0.4 is 0 Å². The molecule has 0 radical (unpaired) electrons. The summed E-state index contributed by atoms with van der Waals surface area (Å²) in [7, 11) is 0. The van der Waals surface area contributed by atoms with Gasteiger partial charge in [0.05, 0.1) is 31.8 Å². The van der Waals surface area contributed by atoms with E-state index in [1.807, 2.05) is 0 Å². The molecule has 0 saturated heterocycles. The average Bonchev–Trinajstić information content (AvgIpc) is 2.45. The molecule has 21 heavy (non-hydrogen) atoms. The first-order chi connectivity index (χ1) is 9.90. The van der Waals surface area contributed by atoms with E-state index < -0.39 is 31.8 Å². The minimum Gasteiger partial charge on any atom is -0.396 e. The molecule has 0 saturated carbocycles. The Morgan fingerprint density at radius 2 is 0.571 bits per heavy atom. The fourth-order valence-corrected chi connectivity index (χ4v) is 0.300. The normalized spacial score (nSPS) is 6.67. The second-order valence-corrected chi connectivity index (χ2v) is 2.49. The third kappa shape index (κ3) is 47.1. The summed E-state index contributed by atoms with van der Waals surface area (Å²) in [4.78, 5) is 6.00. The summed E-state index contributed by atoms with van der Waals surface area (Å²) >= 11 is 0. The van der Waals surface area contributed by atoms with Crippen LogP contribution in [-0.2, 0) is 0 Å². The number of aliphatic hydroxyl groups is 4. The van der Waals surface area contributed by atoms with Crippen molar-refractivity contribution in [2.24, 2.45) is 5.41 Å². The molecule has 16 nitrogen and oxygen atoms in total. The number of rotatable bonds is 4. The van der Waals surface area contributed by atoms with Gasteiger partial charge in [-0.25, -0.2) is 0 Å². The molecule has 0 aliphatic carbocycles. The van der Waals surface area contributed by atoms with Crippen LogP contribution in [0.25, 0.3) is 63.9 Å². The lowest BCUT2D eigenvalue weighted by atomic mass is 9.93. The molecule has 0 unspecified atom stereocenters. The zero-order valence-corrected chi connectivity index (χ0v) is 10.5. The standard InChI is InChI=1S/C5H12O4.4N3/c6-1-5(2-7,3-8)4-9;4*1-3-2/h6-9H,1-4H2;;;;/q;4*-1. The van der Waals surface area contributed by atoms with Gasteiger partial charge >= 0.3 is 0 Å². The molecular formula is C5H12N12O4-4. The highest BCUT2D eigenvalue weighted by Gasteiger charge is 2.26. The lowest BCUT2D eigenvalue weighted by Gasteiger charge is -2.23. The van der Waals surface area contributed by atoms with Crippen LogP contribution in [0.3, 0.4) is 0 Å². The maximum Gasteiger partial charge on any atom is 0.0627 e. The van der Waals surface area contributed by atoms with Gasteiger partial charge in [-0.2, -0.15) is 0 Å². The molecule has 0 rings (SSSR count). The van der Waals surface area contributed by atoms with Gasteiger partial charge in [0.2, 0.25) is 0 Å². The summed E-state index contributed by atoms with van der Waals surface area (Å²) in [5.41, 5.74) is 52.9. The molecule has 0 aliphatic rings. The second kappa shape index (κ2) is 36.0. The zero-order chi connectivity index (χ0) is 18.2. The van der Waals surface area contributed by atoms with Crippen LogP contribution in [0.15, 0.2) is 0 Å². The number of hydrogen-bond acceptors (Lipinski definition) is 4. The zero-order valence-electron chi connectivity index (χ0n) is 10.5. The Morgan fingerprint density at radius 1 is 0.476 bits per heavy atom. The first-order valence-corrected chi connectivity index (χ1v) is 4.28. The number of hydrogen-bond donors (Lipinski definition) is 4. The fourth-order valence-electron chi connectivity index (χ4n) is 0.300. The maximum absolute atomic E-state index is 8.50. The van der Waals surface area contributed by atoms with Gasteiger partial charge in [0.15, 0.2) is 0 Å². The molecule has 0 aliphatic heterocycles. The highest BCUT2D eigenvalue weighted by Crippen LogP contribution is 2.11. The van der Waals surface area contributed by atoms with Crippen molar-refractivity contribution in [2.45, 2.75) is 0 Å². The molecule has 120 valence electrons. The van der Waals surface area contributed by atoms with Crippen LogP contribution in [0.2, 0.25) is 0 Å². The van der Waals surface area contributed by atoms with Crippen molar-refractivity contribution in [3.8, 4) is 0 Å². The third-order valence-electron chi connectivity index (χ3n) is 1.34. The Labute approximate surface area is 117 Å². The van der Waals surface area contributed by atoms with Gasteiger partial charge in [-0.3, -0.25) is 19.6 Å². The van der Waals surface area contributed by atoms with Gasteiger partial charge in [0, 0.05) is 0 Å². The van der Waals surface area contributed by atoms with Crippen molar-refractivity contribution in [1.29, 1.82) is 0 Å². The highest BCUT2D eigenvalue weighted by atomic mass is 16.3. The molecular weight excluding hydrogens is 292 g/mol. The highest BCUT2D eigenvalue weighted by molar-refractivity contribution is 4.74. The van der Waals surface area contributed by atoms with E-state index in [4.69, 9.17) is 64.7 Å². The summed E-state index contributed by atoms with van der Waals surface area (Å²) in [6.45, 7) is -1.62. The number of aliphatic hydroxyl groups excluding tert-OH is 4. The minimum atomic E-state index is -1.11. The Bertz CT molecular complexity index is 264. The Balaban J connectivity index is -0.0000000593. The Hall–Kier alpha value is -2.92. The maximum atomic E-state index is 8.50. The average molecular weight is 304 g/mol.